The number of carbonyl (C=O) groups excluding carboxylic acids is 2. The zero-order valence-electron chi connectivity index (χ0n) is 17.5. The average molecular weight is 414 g/mol. The van der Waals surface area contributed by atoms with E-state index in [2.05, 4.69) is 5.10 Å². The predicted octanol–water partition coefficient (Wildman–Crippen LogP) is 2.17. The molecule has 9 nitrogen and oxygen atoms in total. The number of carbonyl (C=O) groups is 2. The third kappa shape index (κ3) is 3.28. The van der Waals surface area contributed by atoms with Gasteiger partial charge in [0, 0.05) is 31.6 Å². The van der Waals surface area contributed by atoms with E-state index in [4.69, 9.17) is 9.15 Å². The first-order valence-electron chi connectivity index (χ1n) is 10.4. The fourth-order valence-corrected chi connectivity index (χ4v) is 4.15. The van der Waals surface area contributed by atoms with Gasteiger partial charge in [-0.05, 0) is 26.7 Å². The zero-order chi connectivity index (χ0) is 21.4. The number of nitrogens with zero attached hydrogens (tertiary/aromatic N) is 4. The van der Waals surface area contributed by atoms with E-state index < -0.39 is 6.04 Å². The lowest BCUT2D eigenvalue weighted by atomic mass is 9.96. The van der Waals surface area contributed by atoms with E-state index in [0.29, 0.717) is 55.9 Å². The Morgan fingerprint density at radius 2 is 2.00 bits per heavy atom. The second kappa shape index (κ2) is 7.97. The Hall–Kier alpha value is -3.10. The second-order valence-electron chi connectivity index (χ2n) is 7.58. The lowest BCUT2D eigenvalue weighted by Gasteiger charge is -2.32. The minimum atomic E-state index is -0.742. The van der Waals surface area contributed by atoms with Crippen molar-refractivity contribution >= 4 is 28.5 Å². The number of aromatic nitrogens is 3. The van der Waals surface area contributed by atoms with Crippen molar-refractivity contribution in [2.45, 2.75) is 46.1 Å². The van der Waals surface area contributed by atoms with Crippen LogP contribution in [0.15, 0.2) is 27.6 Å². The molecule has 0 saturated carbocycles. The number of hydrogen-bond acceptors (Lipinski definition) is 6. The molecule has 1 aliphatic rings. The van der Waals surface area contributed by atoms with Crippen LogP contribution in [0.1, 0.15) is 45.5 Å². The standard InChI is InChI=1S/C21H26N4O5/c1-4-18-22-25(20(27)16-12-17-15(24(16)18)8-11-30-17)13(3)19(26)23-9-6-14(7-10-23)21(28)29-5-2/h8,11-14H,4-7,9-10H2,1-3H3. The van der Waals surface area contributed by atoms with Gasteiger partial charge in [-0.2, -0.15) is 5.10 Å². The van der Waals surface area contributed by atoms with E-state index in [0.717, 1.165) is 5.52 Å². The van der Waals surface area contributed by atoms with Gasteiger partial charge in [-0.1, -0.05) is 6.92 Å². The summed E-state index contributed by atoms with van der Waals surface area (Å²) in [6.45, 7) is 6.71. The lowest BCUT2D eigenvalue weighted by Crippen LogP contribution is -2.45. The van der Waals surface area contributed by atoms with Gasteiger partial charge < -0.3 is 14.1 Å². The number of piperidine rings is 1. The first-order valence-corrected chi connectivity index (χ1v) is 10.4. The van der Waals surface area contributed by atoms with Crippen LogP contribution in [0.5, 0.6) is 0 Å². The topological polar surface area (TPSA) is 99.1 Å². The molecule has 0 aromatic carbocycles. The van der Waals surface area contributed by atoms with Gasteiger partial charge in [0.25, 0.3) is 5.56 Å². The van der Waals surface area contributed by atoms with Crippen LogP contribution in [-0.4, -0.2) is 50.7 Å². The molecule has 3 aromatic heterocycles. The molecule has 1 saturated heterocycles. The van der Waals surface area contributed by atoms with Gasteiger partial charge in [-0.3, -0.25) is 18.8 Å². The van der Waals surface area contributed by atoms with Crippen LogP contribution in [0, 0.1) is 5.92 Å². The molecule has 0 radical (unpaired) electrons. The average Bonchev–Trinajstić information content (AvgIpc) is 3.35. The maximum atomic E-state index is 13.1. The van der Waals surface area contributed by atoms with E-state index in [1.54, 1.807) is 41.5 Å². The van der Waals surface area contributed by atoms with Crippen molar-refractivity contribution in [1.29, 1.82) is 0 Å². The Bertz CT molecular complexity index is 1150. The van der Waals surface area contributed by atoms with Crippen LogP contribution in [0.3, 0.4) is 0 Å². The molecule has 0 N–H and O–H groups in total. The Kier molecular flexibility index (Phi) is 5.36. The van der Waals surface area contributed by atoms with Crippen molar-refractivity contribution in [2.75, 3.05) is 19.7 Å². The van der Waals surface area contributed by atoms with Crippen molar-refractivity contribution in [2.24, 2.45) is 5.92 Å². The molecule has 1 fully saturated rings. The van der Waals surface area contributed by atoms with Gasteiger partial charge in [0.05, 0.1) is 24.3 Å². The van der Waals surface area contributed by atoms with Gasteiger partial charge in [0.15, 0.2) is 5.58 Å². The van der Waals surface area contributed by atoms with Crippen LogP contribution >= 0.6 is 0 Å². The molecule has 1 aliphatic heterocycles. The number of ether oxygens (including phenoxy) is 1. The third-order valence-corrected chi connectivity index (χ3v) is 5.80. The normalized spacial score (nSPS) is 16.3. The first kappa shape index (κ1) is 20.2. The van der Waals surface area contributed by atoms with Gasteiger partial charge in [0.1, 0.15) is 17.4 Å². The van der Waals surface area contributed by atoms with E-state index in [1.165, 1.54) is 4.68 Å². The minimum absolute atomic E-state index is 0.173. The minimum Gasteiger partial charge on any atom is -0.466 e. The summed E-state index contributed by atoms with van der Waals surface area (Å²) in [7, 11) is 0. The molecule has 9 heteroatoms. The number of fused-ring (bicyclic) bond motifs is 3. The summed E-state index contributed by atoms with van der Waals surface area (Å²) in [6, 6.07) is 2.75. The van der Waals surface area contributed by atoms with Gasteiger partial charge in [0.2, 0.25) is 5.91 Å². The highest BCUT2D eigenvalue weighted by Gasteiger charge is 2.31. The Morgan fingerprint density at radius 3 is 2.67 bits per heavy atom. The summed E-state index contributed by atoms with van der Waals surface area (Å²) < 4.78 is 13.6. The van der Waals surface area contributed by atoms with Crippen LogP contribution in [0.25, 0.3) is 16.6 Å². The van der Waals surface area contributed by atoms with E-state index in [-0.39, 0.29) is 23.4 Å². The van der Waals surface area contributed by atoms with Gasteiger partial charge in [-0.15, -0.1) is 0 Å². The van der Waals surface area contributed by atoms with Crippen molar-refractivity contribution in [1.82, 2.24) is 19.1 Å². The number of hydrogen-bond donors (Lipinski definition) is 0. The zero-order valence-corrected chi connectivity index (χ0v) is 17.5. The van der Waals surface area contributed by atoms with Crippen LogP contribution in [-0.2, 0) is 20.7 Å². The molecule has 4 heterocycles. The second-order valence-corrected chi connectivity index (χ2v) is 7.58. The monoisotopic (exact) mass is 414 g/mol. The Morgan fingerprint density at radius 1 is 1.27 bits per heavy atom. The van der Waals surface area contributed by atoms with Crippen molar-refractivity contribution in [3.8, 4) is 0 Å². The number of amides is 1. The summed E-state index contributed by atoms with van der Waals surface area (Å²) in [5, 5.41) is 4.51. The number of esters is 1. The van der Waals surface area contributed by atoms with Crippen molar-refractivity contribution in [3.05, 3.63) is 34.6 Å². The summed E-state index contributed by atoms with van der Waals surface area (Å²) in [5.74, 6) is 0.130. The number of likely N-dealkylation sites (tertiary alicyclic amines) is 1. The predicted molar refractivity (Wildman–Crippen MR) is 109 cm³/mol. The van der Waals surface area contributed by atoms with Crippen LogP contribution in [0.4, 0.5) is 0 Å². The molecule has 1 atom stereocenters. The summed E-state index contributed by atoms with van der Waals surface area (Å²) >= 11 is 0. The molecule has 30 heavy (non-hydrogen) atoms. The fraction of sp³-hybridized carbons (Fsp3) is 0.524. The molecule has 4 rings (SSSR count). The molecule has 1 unspecified atom stereocenters. The molecule has 160 valence electrons. The Labute approximate surface area is 173 Å². The number of aryl methyl sites for hydroxylation is 1. The lowest BCUT2D eigenvalue weighted by molar-refractivity contribution is -0.151. The maximum absolute atomic E-state index is 13.1. The Balaban J connectivity index is 1.59. The van der Waals surface area contributed by atoms with Crippen LogP contribution < -0.4 is 5.56 Å². The highest BCUT2D eigenvalue weighted by Crippen LogP contribution is 2.23. The molecular formula is C21H26N4O5. The molecule has 0 bridgehead atoms. The number of furan rings is 1. The quantitative estimate of drug-likeness (QED) is 0.594. The largest absolute Gasteiger partial charge is 0.466 e. The highest BCUT2D eigenvalue weighted by atomic mass is 16.5. The summed E-state index contributed by atoms with van der Waals surface area (Å²) in [6.07, 6.45) is 3.30. The smallest absolute Gasteiger partial charge is 0.309 e. The van der Waals surface area contributed by atoms with E-state index in [1.807, 2.05) is 6.92 Å². The van der Waals surface area contributed by atoms with Crippen molar-refractivity contribution in [3.63, 3.8) is 0 Å². The summed E-state index contributed by atoms with van der Waals surface area (Å²) in [5.41, 5.74) is 1.51. The number of rotatable bonds is 5. The van der Waals surface area contributed by atoms with Crippen LogP contribution in [0.2, 0.25) is 0 Å². The van der Waals surface area contributed by atoms with Crippen molar-refractivity contribution < 1.29 is 18.7 Å². The van der Waals surface area contributed by atoms with E-state index >= 15 is 0 Å². The molecule has 3 aromatic rings. The molecular weight excluding hydrogens is 388 g/mol. The molecule has 0 aliphatic carbocycles. The molecule has 1 amide bonds. The summed E-state index contributed by atoms with van der Waals surface area (Å²) in [4.78, 5) is 39.8. The SMILES string of the molecule is CCOC(=O)C1CCN(C(=O)C(C)n2nc(CC)n3c(cc4occc43)c2=O)CC1. The van der Waals surface area contributed by atoms with E-state index in [9.17, 15) is 14.4 Å². The third-order valence-electron chi connectivity index (χ3n) is 5.80. The maximum Gasteiger partial charge on any atom is 0.309 e. The first-order chi connectivity index (χ1) is 14.5. The van der Waals surface area contributed by atoms with Gasteiger partial charge >= 0.3 is 5.97 Å². The molecule has 0 spiro atoms. The van der Waals surface area contributed by atoms with Gasteiger partial charge in [-0.25, -0.2) is 4.68 Å². The highest BCUT2D eigenvalue weighted by molar-refractivity contribution is 5.83. The fourth-order valence-electron chi connectivity index (χ4n) is 4.15.